The zero-order valence-corrected chi connectivity index (χ0v) is 38.7. The molecule has 0 amide bonds. The molecule has 4 nitrogen and oxygen atoms in total. The lowest BCUT2D eigenvalue weighted by atomic mass is 10.0. The van der Waals surface area contributed by atoms with Gasteiger partial charge in [-0.1, -0.05) is 284 Å². The Morgan fingerprint density at radius 2 is 0.589 bits per heavy atom. The standard InChI is InChI=1S/C52H104O4/c1-3-5-7-9-11-13-15-17-19-21-23-25-26-27-28-29-31-33-35-37-39-41-43-45-47-52(54)56-51(49-53)50-55-48-46-44-42-40-38-36-34-32-30-24-22-20-18-16-14-12-10-8-6-4-2/h51,53H,3-50H2,1-2H3. The molecule has 0 heterocycles. The van der Waals surface area contributed by atoms with E-state index in [1.165, 1.54) is 263 Å². The topological polar surface area (TPSA) is 55.8 Å². The Balaban J connectivity index is 3.32. The molecule has 0 aliphatic heterocycles. The van der Waals surface area contributed by atoms with Gasteiger partial charge in [0.1, 0.15) is 6.10 Å². The summed E-state index contributed by atoms with van der Waals surface area (Å²) in [4.78, 5) is 12.3. The maximum Gasteiger partial charge on any atom is 0.306 e. The number of esters is 1. The molecule has 0 aromatic heterocycles. The third kappa shape index (κ3) is 47.8. The van der Waals surface area contributed by atoms with E-state index in [1.54, 1.807) is 0 Å². The summed E-state index contributed by atoms with van der Waals surface area (Å²) in [6.45, 7) is 5.42. The third-order valence-electron chi connectivity index (χ3n) is 12.2. The molecule has 1 atom stereocenters. The number of ether oxygens (including phenoxy) is 2. The second-order valence-corrected chi connectivity index (χ2v) is 18.0. The Morgan fingerprint density at radius 1 is 0.357 bits per heavy atom. The van der Waals surface area contributed by atoms with Crippen LogP contribution in [-0.2, 0) is 14.3 Å². The summed E-state index contributed by atoms with van der Waals surface area (Å²) in [6.07, 6.45) is 60.6. The van der Waals surface area contributed by atoms with Gasteiger partial charge in [0.05, 0.1) is 13.2 Å². The summed E-state index contributed by atoms with van der Waals surface area (Å²) in [5, 5.41) is 9.65. The van der Waals surface area contributed by atoms with E-state index < -0.39 is 6.10 Å². The Labute approximate surface area is 353 Å². The van der Waals surface area contributed by atoms with Crippen LogP contribution in [0.5, 0.6) is 0 Å². The predicted octanol–water partition coefficient (Wildman–Crippen LogP) is 17.5. The fraction of sp³-hybridized carbons (Fsp3) is 0.981. The van der Waals surface area contributed by atoms with Gasteiger partial charge in [0, 0.05) is 13.0 Å². The molecule has 0 aliphatic carbocycles. The van der Waals surface area contributed by atoms with Crippen molar-refractivity contribution in [1.82, 2.24) is 0 Å². The molecule has 0 spiro atoms. The van der Waals surface area contributed by atoms with Crippen molar-refractivity contribution in [1.29, 1.82) is 0 Å². The van der Waals surface area contributed by atoms with Gasteiger partial charge in [-0.05, 0) is 12.8 Å². The number of aliphatic hydroxyl groups excluding tert-OH is 1. The van der Waals surface area contributed by atoms with E-state index in [2.05, 4.69) is 13.8 Å². The van der Waals surface area contributed by atoms with Crippen LogP contribution in [0.1, 0.15) is 303 Å². The van der Waals surface area contributed by atoms with E-state index in [-0.39, 0.29) is 12.6 Å². The van der Waals surface area contributed by atoms with Crippen LogP contribution in [0.2, 0.25) is 0 Å². The minimum Gasteiger partial charge on any atom is -0.457 e. The molecule has 0 aliphatic rings. The number of hydrogen-bond acceptors (Lipinski definition) is 4. The highest BCUT2D eigenvalue weighted by Crippen LogP contribution is 2.17. The van der Waals surface area contributed by atoms with Crippen molar-refractivity contribution < 1.29 is 19.4 Å². The number of unbranched alkanes of at least 4 members (excludes halogenated alkanes) is 42. The molecular weight excluding hydrogens is 689 g/mol. The van der Waals surface area contributed by atoms with Crippen LogP contribution in [0.4, 0.5) is 0 Å². The van der Waals surface area contributed by atoms with Crippen LogP contribution in [-0.4, -0.2) is 37.0 Å². The molecular formula is C52H104O4. The Morgan fingerprint density at radius 3 is 0.839 bits per heavy atom. The van der Waals surface area contributed by atoms with Crippen molar-refractivity contribution in [3.63, 3.8) is 0 Å². The van der Waals surface area contributed by atoms with Crippen molar-refractivity contribution in [3.05, 3.63) is 0 Å². The van der Waals surface area contributed by atoms with Gasteiger partial charge in [-0.25, -0.2) is 0 Å². The number of carbonyl (C=O) groups is 1. The fourth-order valence-electron chi connectivity index (χ4n) is 8.27. The van der Waals surface area contributed by atoms with Gasteiger partial charge in [-0.15, -0.1) is 0 Å². The van der Waals surface area contributed by atoms with E-state index in [9.17, 15) is 9.90 Å². The maximum atomic E-state index is 12.3. The summed E-state index contributed by atoms with van der Waals surface area (Å²) in [5.41, 5.74) is 0. The third-order valence-corrected chi connectivity index (χ3v) is 12.2. The molecule has 0 fully saturated rings. The first-order valence-electron chi connectivity index (χ1n) is 26.1. The van der Waals surface area contributed by atoms with Gasteiger partial charge in [-0.2, -0.15) is 0 Å². The molecule has 1 N–H and O–H groups in total. The smallest absolute Gasteiger partial charge is 0.306 e. The monoisotopic (exact) mass is 793 g/mol. The van der Waals surface area contributed by atoms with Gasteiger partial charge in [-0.3, -0.25) is 4.79 Å². The fourth-order valence-corrected chi connectivity index (χ4v) is 8.27. The number of carbonyl (C=O) groups excluding carboxylic acids is 1. The van der Waals surface area contributed by atoms with Crippen molar-refractivity contribution >= 4 is 5.97 Å². The van der Waals surface area contributed by atoms with Crippen molar-refractivity contribution in [2.24, 2.45) is 0 Å². The first-order valence-corrected chi connectivity index (χ1v) is 26.1. The largest absolute Gasteiger partial charge is 0.457 e. The van der Waals surface area contributed by atoms with Crippen LogP contribution >= 0.6 is 0 Å². The van der Waals surface area contributed by atoms with Crippen LogP contribution < -0.4 is 0 Å². The van der Waals surface area contributed by atoms with Gasteiger partial charge < -0.3 is 14.6 Å². The lowest BCUT2D eigenvalue weighted by molar-refractivity contribution is -0.154. The molecule has 1 unspecified atom stereocenters. The average molecular weight is 793 g/mol. The average Bonchev–Trinajstić information content (AvgIpc) is 3.20. The first-order chi connectivity index (χ1) is 27.7. The van der Waals surface area contributed by atoms with Crippen LogP contribution in [0.15, 0.2) is 0 Å². The highest BCUT2D eigenvalue weighted by Gasteiger charge is 2.13. The summed E-state index contributed by atoms with van der Waals surface area (Å²) >= 11 is 0. The second kappa shape index (κ2) is 50.5. The van der Waals surface area contributed by atoms with Crippen LogP contribution in [0, 0.1) is 0 Å². The zero-order valence-electron chi connectivity index (χ0n) is 38.7. The van der Waals surface area contributed by atoms with Crippen LogP contribution in [0.3, 0.4) is 0 Å². The SMILES string of the molecule is CCCCCCCCCCCCCCCCCCCCCCCCCCC(=O)OC(CO)COCCCCCCCCCCCCCCCCCCCCCC. The van der Waals surface area contributed by atoms with Gasteiger partial charge in [0.25, 0.3) is 0 Å². The Kier molecular flexibility index (Phi) is 50.0. The summed E-state index contributed by atoms with van der Waals surface area (Å²) < 4.78 is 11.2. The molecule has 0 bridgehead atoms. The zero-order chi connectivity index (χ0) is 40.5. The molecule has 0 saturated heterocycles. The van der Waals surface area contributed by atoms with Gasteiger partial charge in [0.2, 0.25) is 0 Å². The first kappa shape index (κ1) is 55.4. The van der Waals surface area contributed by atoms with E-state index in [4.69, 9.17) is 9.47 Å². The van der Waals surface area contributed by atoms with Gasteiger partial charge in [0.15, 0.2) is 0 Å². The lowest BCUT2D eigenvalue weighted by Crippen LogP contribution is -2.27. The Bertz CT molecular complexity index is 711. The summed E-state index contributed by atoms with van der Waals surface area (Å²) in [6, 6.07) is 0. The summed E-state index contributed by atoms with van der Waals surface area (Å²) in [7, 11) is 0. The van der Waals surface area contributed by atoms with Crippen molar-refractivity contribution in [2.75, 3.05) is 19.8 Å². The molecule has 56 heavy (non-hydrogen) atoms. The molecule has 0 aromatic carbocycles. The predicted molar refractivity (Wildman–Crippen MR) is 247 cm³/mol. The minimum atomic E-state index is -0.526. The maximum absolute atomic E-state index is 12.3. The molecule has 0 aromatic rings. The molecule has 0 radical (unpaired) electrons. The lowest BCUT2D eigenvalue weighted by Gasteiger charge is -2.16. The Hall–Kier alpha value is -0.610. The number of rotatable bonds is 50. The molecule has 0 rings (SSSR count). The number of aliphatic hydroxyl groups is 1. The minimum absolute atomic E-state index is 0.162. The highest BCUT2D eigenvalue weighted by molar-refractivity contribution is 5.69. The molecule has 0 saturated carbocycles. The quantitative estimate of drug-likeness (QED) is 0.0492. The van der Waals surface area contributed by atoms with Crippen LogP contribution in [0.25, 0.3) is 0 Å². The molecule has 4 heteroatoms. The molecule has 336 valence electrons. The van der Waals surface area contributed by atoms with Crippen molar-refractivity contribution in [3.8, 4) is 0 Å². The van der Waals surface area contributed by atoms with Crippen molar-refractivity contribution in [2.45, 2.75) is 309 Å². The van der Waals surface area contributed by atoms with E-state index in [0.29, 0.717) is 19.6 Å². The highest BCUT2D eigenvalue weighted by atomic mass is 16.6. The number of hydrogen-bond donors (Lipinski definition) is 1. The summed E-state index contributed by atoms with van der Waals surface area (Å²) in [5.74, 6) is -0.190. The normalized spacial score (nSPS) is 12.1. The van der Waals surface area contributed by atoms with E-state index >= 15 is 0 Å². The van der Waals surface area contributed by atoms with E-state index in [1.807, 2.05) is 0 Å². The van der Waals surface area contributed by atoms with E-state index in [0.717, 1.165) is 19.3 Å². The second-order valence-electron chi connectivity index (χ2n) is 18.0. The van der Waals surface area contributed by atoms with Gasteiger partial charge >= 0.3 is 5.97 Å².